The highest BCUT2D eigenvalue weighted by atomic mass is 35.5. The van der Waals surface area contributed by atoms with Crippen molar-refractivity contribution in [3.63, 3.8) is 0 Å². The Morgan fingerprint density at radius 1 is 1.15 bits per heavy atom. The Labute approximate surface area is 125 Å². The van der Waals surface area contributed by atoms with Gasteiger partial charge in [0.15, 0.2) is 5.13 Å². The summed E-state index contributed by atoms with van der Waals surface area (Å²) in [5, 5.41) is 6.56. The normalized spacial score (nSPS) is 10.4. The number of nitrogens with zero attached hydrogens (tertiary/aromatic N) is 2. The van der Waals surface area contributed by atoms with Gasteiger partial charge in [0.05, 0.1) is 16.4 Å². The van der Waals surface area contributed by atoms with E-state index in [1.54, 1.807) is 24.5 Å². The lowest BCUT2D eigenvalue weighted by molar-refractivity contribution is 1.31. The molecule has 3 rings (SSSR count). The third kappa shape index (κ3) is 2.74. The van der Waals surface area contributed by atoms with Crippen molar-refractivity contribution in [3.8, 4) is 11.3 Å². The summed E-state index contributed by atoms with van der Waals surface area (Å²) in [5.74, 6) is 0. The first kappa shape index (κ1) is 12.9. The monoisotopic (exact) mass is 302 g/mol. The van der Waals surface area contributed by atoms with E-state index in [2.05, 4.69) is 15.3 Å². The number of aromatic nitrogens is 2. The van der Waals surface area contributed by atoms with Gasteiger partial charge in [0.1, 0.15) is 0 Å². The second-order valence-electron chi connectivity index (χ2n) is 4.14. The minimum atomic E-state index is 0.544. The standard InChI is InChI=1S/C14H11ClN4S/c15-11-2-1-10(7-12(11)16)18-14-19-13(8-20-14)9-3-5-17-6-4-9/h1-8H,16H2,(H,18,19). The van der Waals surface area contributed by atoms with Crippen LogP contribution in [0.2, 0.25) is 5.02 Å². The SMILES string of the molecule is Nc1cc(Nc2nc(-c3ccncc3)cs2)ccc1Cl. The van der Waals surface area contributed by atoms with Gasteiger partial charge in [0.2, 0.25) is 0 Å². The van der Waals surface area contributed by atoms with Crippen molar-refractivity contribution in [3.05, 3.63) is 53.1 Å². The van der Waals surface area contributed by atoms with E-state index in [1.807, 2.05) is 23.6 Å². The van der Waals surface area contributed by atoms with Crippen molar-refractivity contribution in [1.82, 2.24) is 9.97 Å². The Morgan fingerprint density at radius 2 is 1.95 bits per heavy atom. The minimum Gasteiger partial charge on any atom is -0.397 e. The number of nitrogens with one attached hydrogen (secondary N) is 1. The average molecular weight is 303 g/mol. The molecule has 0 aliphatic carbocycles. The molecule has 0 atom stereocenters. The number of anilines is 3. The van der Waals surface area contributed by atoms with Crippen LogP contribution >= 0.6 is 22.9 Å². The van der Waals surface area contributed by atoms with Crippen LogP contribution < -0.4 is 11.1 Å². The van der Waals surface area contributed by atoms with Crippen LogP contribution in [-0.2, 0) is 0 Å². The highest BCUT2D eigenvalue weighted by molar-refractivity contribution is 7.14. The van der Waals surface area contributed by atoms with Crippen molar-refractivity contribution >= 4 is 39.4 Å². The van der Waals surface area contributed by atoms with Crippen molar-refractivity contribution in [2.24, 2.45) is 0 Å². The Hall–Kier alpha value is -2.11. The van der Waals surface area contributed by atoms with Gasteiger partial charge in [-0.3, -0.25) is 4.98 Å². The number of nitrogen functional groups attached to an aromatic ring is 1. The zero-order valence-electron chi connectivity index (χ0n) is 10.4. The molecule has 1 aromatic carbocycles. The molecule has 2 heterocycles. The van der Waals surface area contributed by atoms with Gasteiger partial charge in [0.25, 0.3) is 0 Å². The maximum atomic E-state index is 5.90. The van der Waals surface area contributed by atoms with E-state index < -0.39 is 0 Å². The van der Waals surface area contributed by atoms with Gasteiger partial charge in [-0.1, -0.05) is 11.6 Å². The van der Waals surface area contributed by atoms with Crippen molar-refractivity contribution in [1.29, 1.82) is 0 Å². The molecular weight excluding hydrogens is 292 g/mol. The molecule has 2 aromatic heterocycles. The molecule has 100 valence electrons. The first-order valence-electron chi connectivity index (χ1n) is 5.90. The van der Waals surface area contributed by atoms with Gasteiger partial charge in [-0.25, -0.2) is 4.98 Å². The van der Waals surface area contributed by atoms with Gasteiger partial charge >= 0.3 is 0 Å². The van der Waals surface area contributed by atoms with E-state index in [1.165, 1.54) is 11.3 Å². The molecular formula is C14H11ClN4S. The van der Waals surface area contributed by atoms with Crippen LogP contribution in [0.1, 0.15) is 0 Å². The molecule has 3 N–H and O–H groups in total. The smallest absolute Gasteiger partial charge is 0.187 e. The fraction of sp³-hybridized carbons (Fsp3) is 0. The predicted molar refractivity (Wildman–Crippen MR) is 84.5 cm³/mol. The van der Waals surface area contributed by atoms with Crippen molar-refractivity contribution < 1.29 is 0 Å². The lowest BCUT2D eigenvalue weighted by Crippen LogP contribution is -1.92. The predicted octanol–water partition coefficient (Wildman–Crippen LogP) is 4.18. The molecule has 0 saturated carbocycles. The van der Waals surface area contributed by atoms with Gasteiger partial charge in [0, 0.05) is 29.0 Å². The minimum absolute atomic E-state index is 0.544. The maximum absolute atomic E-state index is 5.90. The number of hydrogen-bond acceptors (Lipinski definition) is 5. The summed E-state index contributed by atoms with van der Waals surface area (Å²) in [7, 11) is 0. The number of nitrogens with two attached hydrogens (primary N) is 1. The molecule has 0 radical (unpaired) electrons. The molecule has 3 aromatic rings. The van der Waals surface area contributed by atoms with E-state index in [4.69, 9.17) is 17.3 Å². The highest BCUT2D eigenvalue weighted by Crippen LogP contribution is 2.29. The summed E-state index contributed by atoms with van der Waals surface area (Å²) < 4.78 is 0. The van der Waals surface area contributed by atoms with E-state index in [0.717, 1.165) is 22.1 Å². The van der Waals surface area contributed by atoms with Crippen LogP contribution in [0.4, 0.5) is 16.5 Å². The third-order valence-corrected chi connectivity index (χ3v) is 3.83. The molecule has 0 spiro atoms. The number of rotatable bonds is 3. The quantitative estimate of drug-likeness (QED) is 0.712. The van der Waals surface area contributed by atoms with Crippen molar-refractivity contribution in [2.75, 3.05) is 11.1 Å². The topological polar surface area (TPSA) is 63.8 Å². The molecule has 20 heavy (non-hydrogen) atoms. The fourth-order valence-electron chi connectivity index (χ4n) is 1.73. The van der Waals surface area contributed by atoms with Crippen LogP contribution in [0.3, 0.4) is 0 Å². The zero-order chi connectivity index (χ0) is 13.9. The van der Waals surface area contributed by atoms with Gasteiger partial charge in [-0.2, -0.15) is 0 Å². The van der Waals surface area contributed by atoms with Crippen molar-refractivity contribution in [2.45, 2.75) is 0 Å². The van der Waals surface area contributed by atoms with Gasteiger partial charge in [-0.05, 0) is 30.3 Å². The molecule has 6 heteroatoms. The van der Waals surface area contributed by atoms with Gasteiger partial charge in [-0.15, -0.1) is 11.3 Å². The molecule has 0 amide bonds. The summed E-state index contributed by atoms with van der Waals surface area (Å²) in [6.07, 6.45) is 3.50. The second kappa shape index (κ2) is 5.48. The van der Waals surface area contributed by atoms with Crippen LogP contribution in [0.5, 0.6) is 0 Å². The fourth-order valence-corrected chi connectivity index (χ4v) is 2.59. The summed E-state index contributed by atoms with van der Waals surface area (Å²) in [6.45, 7) is 0. The first-order valence-corrected chi connectivity index (χ1v) is 7.16. The highest BCUT2D eigenvalue weighted by Gasteiger charge is 2.05. The first-order chi connectivity index (χ1) is 9.72. The number of halogens is 1. The maximum Gasteiger partial charge on any atom is 0.187 e. The number of pyridine rings is 1. The molecule has 0 saturated heterocycles. The second-order valence-corrected chi connectivity index (χ2v) is 5.40. The van der Waals surface area contributed by atoms with E-state index >= 15 is 0 Å². The Balaban J connectivity index is 1.82. The largest absolute Gasteiger partial charge is 0.397 e. The molecule has 4 nitrogen and oxygen atoms in total. The third-order valence-electron chi connectivity index (χ3n) is 2.73. The van der Waals surface area contributed by atoms with E-state index in [0.29, 0.717) is 10.7 Å². The van der Waals surface area contributed by atoms with Gasteiger partial charge < -0.3 is 11.1 Å². The van der Waals surface area contributed by atoms with Crippen LogP contribution in [-0.4, -0.2) is 9.97 Å². The molecule has 0 fully saturated rings. The Bertz CT molecular complexity index is 727. The Morgan fingerprint density at radius 3 is 2.70 bits per heavy atom. The summed E-state index contributed by atoms with van der Waals surface area (Å²) in [4.78, 5) is 8.53. The molecule has 0 aliphatic heterocycles. The van der Waals surface area contributed by atoms with Crippen LogP contribution in [0.25, 0.3) is 11.3 Å². The molecule has 0 unspecified atom stereocenters. The number of thiazole rings is 1. The average Bonchev–Trinajstić information content (AvgIpc) is 2.92. The van der Waals surface area contributed by atoms with E-state index in [-0.39, 0.29) is 0 Å². The summed E-state index contributed by atoms with van der Waals surface area (Å²) in [6, 6.07) is 9.27. The molecule has 0 bridgehead atoms. The zero-order valence-corrected chi connectivity index (χ0v) is 11.9. The van der Waals surface area contributed by atoms with Crippen LogP contribution in [0, 0.1) is 0 Å². The Kier molecular flexibility index (Phi) is 3.54. The van der Waals surface area contributed by atoms with E-state index in [9.17, 15) is 0 Å². The molecule has 0 aliphatic rings. The van der Waals surface area contributed by atoms with Crippen LogP contribution in [0.15, 0.2) is 48.1 Å². The number of benzene rings is 1. The number of hydrogen-bond donors (Lipinski definition) is 2. The summed E-state index contributed by atoms with van der Waals surface area (Å²) >= 11 is 7.43. The lowest BCUT2D eigenvalue weighted by Gasteiger charge is -2.04. The lowest BCUT2D eigenvalue weighted by atomic mass is 10.2. The summed E-state index contributed by atoms with van der Waals surface area (Å²) in [5.41, 5.74) is 9.14.